The SMILES string of the molecule is CC(C)(C)OC(=O)C(C)(C)CCN1[C@@H]2[C@H](CN1CC(F)(F)F)NCC2(F)F. The van der Waals surface area contributed by atoms with Crippen LogP contribution < -0.4 is 5.32 Å². The Hall–Kier alpha value is -1.00. The summed E-state index contributed by atoms with van der Waals surface area (Å²) in [6, 6.07) is -2.10. The lowest BCUT2D eigenvalue weighted by molar-refractivity contribution is -0.190. The van der Waals surface area contributed by atoms with E-state index in [1.807, 2.05) is 0 Å². The zero-order chi connectivity index (χ0) is 20.8. The summed E-state index contributed by atoms with van der Waals surface area (Å²) < 4.78 is 72.5. The molecule has 0 saturated carbocycles. The fraction of sp³-hybridized carbons (Fsp3) is 0.941. The number of hydrazine groups is 1. The molecule has 0 unspecified atom stereocenters. The molecule has 2 rings (SSSR count). The Balaban J connectivity index is 2.12. The van der Waals surface area contributed by atoms with Crippen LogP contribution in [0.15, 0.2) is 0 Å². The Bertz CT molecular complexity index is 560. The molecule has 0 amide bonds. The van der Waals surface area contributed by atoms with E-state index in [0.717, 1.165) is 10.0 Å². The number of alkyl halides is 5. The Labute approximate surface area is 156 Å². The van der Waals surface area contributed by atoms with Gasteiger partial charge in [-0.1, -0.05) is 0 Å². The predicted octanol–water partition coefficient (Wildman–Crippen LogP) is 2.82. The van der Waals surface area contributed by atoms with Crippen molar-refractivity contribution < 1.29 is 31.5 Å². The summed E-state index contributed by atoms with van der Waals surface area (Å²) >= 11 is 0. The van der Waals surface area contributed by atoms with Crippen molar-refractivity contribution >= 4 is 5.97 Å². The minimum atomic E-state index is -4.51. The first kappa shape index (κ1) is 22.3. The van der Waals surface area contributed by atoms with Gasteiger partial charge in [0, 0.05) is 19.1 Å². The molecule has 158 valence electrons. The second-order valence-electron chi connectivity index (χ2n) is 8.95. The monoisotopic (exact) mass is 401 g/mol. The minimum Gasteiger partial charge on any atom is -0.460 e. The van der Waals surface area contributed by atoms with Gasteiger partial charge in [0.15, 0.2) is 0 Å². The topological polar surface area (TPSA) is 44.8 Å². The van der Waals surface area contributed by atoms with Gasteiger partial charge in [0.05, 0.1) is 12.0 Å². The van der Waals surface area contributed by atoms with Gasteiger partial charge in [-0.05, 0) is 41.0 Å². The standard InChI is InChI=1S/C17H28F5N3O2/c1-14(2,3)27-13(26)15(4,5)6-7-25-12-11(23-9-16(12,18)19)8-24(25)10-17(20,21)22/h11-12,23H,6-10H2,1-5H3/t11-,12+/m0/s1. The zero-order valence-electron chi connectivity index (χ0n) is 16.3. The number of hydrogen-bond acceptors (Lipinski definition) is 5. The number of fused-ring (bicyclic) bond motifs is 1. The van der Waals surface area contributed by atoms with Crippen molar-refractivity contribution in [3.63, 3.8) is 0 Å². The Kier molecular flexibility index (Phi) is 5.87. The molecule has 0 aliphatic carbocycles. The van der Waals surface area contributed by atoms with Gasteiger partial charge in [-0.15, -0.1) is 0 Å². The molecule has 5 nitrogen and oxygen atoms in total. The molecule has 2 saturated heterocycles. The van der Waals surface area contributed by atoms with Crippen LogP contribution in [-0.2, 0) is 9.53 Å². The highest BCUT2D eigenvalue weighted by Gasteiger charge is 2.59. The van der Waals surface area contributed by atoms with E-state index in [4.69, 9.17) is 4.74 Å². The molecular weight excluding hydrogens is 373 g/mol. The second-order valence-corrected chi connectivity index (χ2v) is 8.95. The molecule has 1 N–H and O–H groups in total. The van der Waals surface area contributed by atoms with Crippen LogP contribution >= 0.6 is 0 Å². The third-order valence-electron chi connectivity index (χ3n) is 4.78. The van der Waals surface area contributed by atoms with Crippen LogP contribution in [-0.4, -0.2) is 71.9 Å². The van der Waals surface area contributed by atoms with Crippen LogP contribution in [0.3, 0.4) is 0 Å². The quantitative estimate of drug-likeness (QED) is 0.567. The fourth-order valence-corrected chi connectivity index (χ4v) is 3.43. The van der Waals surface area contributed by atoms with E-state index in [-0.39, 0.29) is 19.5 Å². The maximum Gasteiger partial charge on any atom is 0.402 e. The lowest BCUT2D eigenvalue weighted by Crippen LogP contribution is -2.52. The number of carbonyl (C=O) groups is 1. The van der Waals surface area contributed by atoms with Crippen molar-refractivity contribution in [3.05, 3.63) is 0 Å². The number of nitrogens with one attached hydrogen (secondary N) is 1. The first-order valence-electron chi connectivity index (χ1n) is 8.95. The highest BCUT2D eigenvalue weighted by molar-refractivity contribution is 5.76. The molecule has 0 spiro atoms. The summed E-state index contributed by atoms with van der Waals surface area (Å²) in [7, 11) is 0. The number of ether oxygens (including phenoxy) is 1. The van der Waals surface area contributed by atoms with E-state index in [2.05, 4.69) is 5.32 Å². The van der Waals surface area contributed by atoms with Crippen molar-refractivity contribution in [1.29, 1.82) is 0 Å². The van der Waals surface area contributed by atoms with E-state index in [1.54, 1.807) is 34.6 Å². The van der Waals surface area contributed by atoms with Crippen molar-refractivity contribution in [2.45, 2.75) is 70.8 Å². The van der Waals surface area contributed by atoms with Gasteiger partial charge in [0.2, 0.25) is 0 Å². The first-order valence-corrected chi connectivity index (χ1v) is 8.95. The zero-order valence-corrected chi connectivity index (χ0v) is 16.3. The summed E-state index contributed by atoms with van der Waals surface area (Å²) in [4.78, 5) is 12.4. The predicted molar refractivity (Wildman–Crippen MR) is 89.1 cm³/mol. The minimum absolute atomic E-state index is 0.0928. The molecule has 0 radical (unpaired) electrons. The second kappa shape index (κ2) is 7.11. The molecule has 27 heavy (non-hydrogen) atoms. The normalized spacial score (nSPS) is 27.0. The van der Waals surface area contributed by atoms with Crippen molar-refractivity contribution in [1.82, 2.24) is 15.3 Å². The summed E-state index contributed by atoms with van der Waals surface area (Å²) in [6.07, 6.45) is -4.41. The van der Waals surface area contributed by atoms with Gasteiger partial charge in [-0.2, -0.15) is 13.2 Å². The van der Waals surface area contributed by atoms with Gasteiger partial charge in [0.1, 0.15) is 18.2 Å². The molecule has 0 aromatic rings. The van der Waals surface area contributed by atoms with E-state index in [9.17, 15) is 26.7 Å². The Morgan fingerprint density at radius 2 is 1.78 bits per heavy atom. The molecule has 0 aromatic carbocycles. The summed E-state index contributed by atoms with van der Waals surface area (Å²) in [5, 5.41) is 4.62. The van der Waals surface area contributed by atoms with E-state index < -0.39 is 54.3 Å². The van der Waals surface area contributed by atoms with Gasteiger partial charge in [0.25, 0.3) is 5.92 Å². The lowest BCUT2D eigenvalue weighted by Gasteiger charge is -2.36. The fourth-order valence-electron chi connectivity index (χ4n) is 3.43. The van der Waals surface area contributed by atoms with Crippen molar-refractivity contribution in [2.75, 3.05) is 26.2 Å². The lowest BCUT2D eigenvalue weighted by atomic mass is 9.89. The van der Waals surface area contributed by atoms with E-state index >= 15 is 0 Å². The van der Waals surface area contributed by atoms with Crippen molar-refractivity contribution in [2.24, 2.45) is 5.41 Å². The van der Waals surface area contributed by atoms with Crippen LogP contribution in [0.1, 0.15) is 41.0 Å². The number of rotatable bonds is 5. The maximum atomic E-state index is 14.3. The van der Waals surface area contributed by atoms with E-state index in [0.29, 0.717) is 0 Å². The van der Waals surface area contributed by atoms with Crippen LogP contribution in [0.5, 0.6) is 0 Å². The molecular formula is C17H28F5N3O2. The number of esters is 1. The van der Waals surface area contributed by atoms with Gasteiger partial charge in [-0.25, -0.2) is 18.8 Å². The number of halogens is 5. The van der Waals surface area contributed by atoms with E-state index in [1.165, 1.54) is 0 Å². The Morgan fingerprint density at radius 1 is 1.19 bits per heavy atom. The molecule has 2 heterocycles. The molecule has 0 bridgehead atoms. The molecule has 10 heteroatoms. The molecule has 2 fully saturated rings. The Morgan fingerprint density at radius 3 is 2.30 bits per heavy atom. The number of nitrogens with zero attached hydrogens (tertiary/aromatic N) is 2. The van der Waals surface area contributed by atoms with Crippen LogP contribution in [0, 0.1) is 5.41 Å². The van der Waals surface area contributed by atoms with Gasteiger partial charge < -0.3 is 10.1 Å². The third kappa shape index (κ3) is 5.51. The first-order chi connectivity index (χ1) is 12.0. The average Bonchev–Trinajstić information content (AvgIpc) is 2.91. The maximum absolute atomic E-state index is 14.3. The van der Waals surface area contributed by atoms with Crippen LogP contribution in [0.4, 0.5) is 22.0 Å². The van der Waals surface area contributed by atoms with Crippen LogP contribution in [0.2, 0.25) is 0 Å². The third-order valence-corrected chi connectivity index (χ3v) is 4.78. The van der Waals surface area contributed by atoms with Gasteiger partial charge in [-0.3, -0.25) is 4.79 Å². The highest BCUT2D eigenvalue weighted by Crippen LogP contribution is 2.38. The average molecular weight is 401 g/mol. The molecule has 2 atom stereocenters. The summed E-state index contributed by atoms with van der Waals surface area (Å²) in [6.45, 7) is 6.24. The highest BCUT2D eigenvalue weighted by atomic mass is 19.4. The largest absolute Gasteiger partial charge is 0.460 e. The number of hydrogen-bond donors (Lipinski definition) is 1. The molecule has 2 aliphatic heterocycles. The van der Waals surface area contributed by atoms with Crippen molar-refractivity contribution in [3.8, 4) is 0 Å². The molecule has 2 aliphatic rings. The molecule has 0 aromatic heterocycles. The summed E-state index contributed by atoms with van der Waals surface area (Å²) in [5.41, 5.74) is -1.73. The van der Waals surface area contributed by atoms with Crippen LogP contribution in [0.25, 0.3) is 0 Å². The summed E-state index contributed by atoms with van der Waals surface area (Å²) in [5.74, 6) is -3.65. The number of carbonyl (C=O) groups excluding carboxylic acids is 1. The smallest absolute Gasteiger partial charge is 0.402 e. The van der Waals surface area contributed by atoms with Gasteiger partial charge >= 0.3 is 12.1 Å².